The minimum absolute atomic E-state index is 0.0564. The predicted molar refractivity (Wildman–Crippen MR) is 69.3 cm³/mol. The Balaban J connectivity index is 2.68. The number of rotatable bonds is 3. The van der Waals surface area contributed by atoms with Crippen LogP contribution in [0.5, 0.6) is 0 Å². The molecular weight excluding hydrogens is 272 g/mol. The number of alkyl carbamates (subject to hydrolysis) is 1. The van der Waals surface area contributed by atoms with Gasteiger partial charge in [-0.25, -0.2) is 14.6 Å². The molecule has 0 radical (unpaired) electrons. The monoisotopic (exact) mass is 286 g/mol. The van der Waals surface area contributed by atoms with Crippen LogP contribution in [-0.2, 0) is 11.3 Å². The van der Waals surface area contributed by atoms with Crippen molar-refractivity contribution in [3.8, 4) is 0 Å². The van der Waals surface area contributed by atoms with Gasteiger partial charge in [0.05, 0.1) is 0 Å². The maximum absolute atomic E-state index is 11.4. The Morgan fingerprint density at radius 1 is 1.42 bits per heavy atom. The normalized spacial score (nSPS) is 10.9. The average Bonchev–Trinajstić information content (AvgIpc) is 2.23. The first-order valence-corrected chi connectivity index (χ1v) is 5.92. The summed E-state index contributed by atoms with van der Waals surface area (Å²) >= 11 is 5.70. The van der Waals surface area contributed by atoms with Crippen molar-refractivity contribution in [3.63, 3.8) is 0 Å². The molecule has 0 unspecified atom stereocenters. The molecule has 0 atom stereocenters. The van der Waals surface area contributed by atoms with Crippen molar-refractivity contribution in [2.45, 2.75) is 32.9 Å². The van der Waals surface area contributed by atoms with E-state index >= 15 is 0 Å². The Morgan fingerprint density at radius 2 is 2.05 bits per heavy atom. The summed E-state index contributed by atoms with van der Waals surface area (Å²) in [6, 6.07) is 2.82. The van der Waals surface area contributed by atoms with Crippen LogP contribution in [0.15, 0.2) is 12.1 Å². The van der Waals surface area contributed by atoms with Gasteiger partial charge in [0.25, 0.3) is 0 Å². The molecule has 1 aromatic rings. The fourth-order valence-electron chi connectivity index (χ4n) is 1.25. The summed E-state index contributed by atoms with van der Waals surface area (Å²) in [6.07, 6.45) is -0.586. The second-order valence-corrected chi connectivity index (χ2v) is 5.23. The second kappa shape index (κ2) is 5.88. The third-order valence-electron chi connectivity index (χ3n) is 1.91. The number of nitrogens with one attached hydrogen (secondary N) is 1. The largest absolute Gasteiger partial charge is 0.477 e. The maximum atomic E-state index is 11.4. The van der Waals surface area contributed by atoms with Gasteiger partial charge in [-0.15, -0.1) is 0 Å². The van der Waals surface area contributed by atoms with E-state index in [2.05, 4.69) is 10.3 Å². The van der Waals surface area contributed by atoms with Crippen molar-refractivity contribution in [2.75, 3.05) is 0 Å². The van der Waals surface area contributed by atoms with Crippen LogP contribution in [0.3, 0.4) is 0 Å². The van der Waals surface area contributed by atoms with Crippen LogP contribution in [0.1, 0.15) is 36.8 Å². The summed E-state index contributed by atoms with van der Waals surface area (Å²) < 4.78 is 5.05. The van der Waals surface area contributed by atoms with Gasteiger partial charge in [-0.2, -0.15) is 0 Å². The fraction of sp³-hybridized carbons (Fsp3) is 0.417. The number of halogens is 1. The molecule has 2 N–H and O–H groups in total. The highest BCUT2D eigenvalue weighted by Crippen LogP contribution is 2.12. The third kappa shape index (κ3) is 5.56. The molecule has 6 nitrogen and oxygen atoms in total. The maximum Gasteiger partial charge on any atom is 0.407 e. The second-order valence-electron chi connectivity index (χ2n) is 4.84. The molecule has 0 saturated carbocycles. The van der Waals surface area contributed by atoms with Crippen molar-refractivity contribution < 1.29 is 19.4 Å². The van der Waals surface area contributed by atoms with Gasteiger partial charge in [0.15, 0.2) is 0 Å². The molecule has 104 valence electrons. The van der Waals surface area contributed by atoms with E-state index in [1.54, 1.807) is 20.8 Å². The van der Waals surface area contributed by atoms with Crippen molar-refractivity contribution in [1.82, 2.24) is 10.3 Å². The molecule has 19 heavy (non-hydrogen) atoms. The number of nitrogens with zero attached hydrogens (tertiary/aromatic N) is 1. The van der Waals surface area contributed by atoms with Crippen LogP contribution < -0.4 is 5.32 Å². The van der Waals surface area contributed by atoms with Gasteiger partial charge < -0.3 is 15.2 Å². The van der Waals surface area contributed by atoms with E-state index in [9.17, 15) is 9.59 Å². The van der Waals surface area contributed by atoms with Crippen LogP contribution in [0.25, 0.3) is 0 Å². The molecule has 1 heterocycles. The van der Waals surface area contributed by atoms with Gasteiger partial charge in [-0.3, -0.25) is 0 Å². The molecule has 0 aliphatic carbocycles. The summed E-state index contributed by atoms with van der Waals surface area (Å²) in [4.78, 5) is 25.9. The summed E-state index contributed by atoms with van der Waals surface area (Å²) in [7, 11) is 0. The summed E-state index contributed by atoms with van der Waals surface area (Å²) in [5.74, 6) is -1.18. The van der Waals surface area contributed by atoms with E-state index in [-0.39, 0.29) is 17.4 Å². The zero-order valence-electron chi connectivity index (χ0n) is 10.9. The molecule has 0 aliphatic rings. The van der Waals surface area contributed by atoms with Crippen LogP contribution in [0.2, 0.25) is 5.15 Å². The van der Waals surface area contributed by atoms with Gasteiger partial charge in [0, 0.05) is 6.54 Å². The zero-order valence-corrected chi connectivity index (χ0v) is 11.6. The highest BCUT2D eigenvalue weighted by molar-refractivity contribution is 6.29. The number of aromatic nitrogens is 1. The van der Waals surface area contributed by atoms with Crippen molar-refractivity contribution in [2.24, 2.45) is 0 Å². The van der Waals surface area contributed by atoms with Crippen LogP contribution in [0.4, 0.5) is 4.79 Å². The Bertz CT molecular complexity index is 497. The Hall–Kier alpha value is -1.82. The topological polar surface area (TPSA) is 88.5 Å². The number of hydrogen-bond donors (Lipinski definition) is 2. The van der Waals surface area contributed by atoms with Gasteiger partial charge in [0.2, 0.25) is 0 Å². The van der Waals surface area contributed by atoms with E-state index < -0.39 is 17.7 Å². The summed E-state index contributed by atoms with van der Waals surface area (Å²) in [5, 5.41) is 11.4. The first-order chi connectivity index (χ1) is 8.67. The number of carboxylic acid groups (broad SMARTS) is 1. The number of hydrogen-bond acceptors (Lipinski definition) is 4. The number of carbonyl (C=O) groups excluding carboxylic acids is 1. The minimum atomic E-state index is -1.18. The molecule has 0 saturated heterocycles. The number of ether oxygens (including phenoxy) is 1. The Morgan fingerprint density at radius 3 is 2.58 bits per heavy atom. The number of carbonyl (C=O) groups is 2. The molecular formula is C12H15ClN2O4. The molecule has 0 spiro atoms. The molecule has 0 fully saturated rings. The van der Waals surface area contributed by atoms with Crippen molar-refractivity contribution in [1.29, 1.82) is 0 Å². The fourth-order valence-corrected chi connectivity index (χ4v) is 1.48. The van der Waals surface area contributed by atoms with Crippen LogP contribution in [0, 0.1) is 0 Å². The van der Waals surface area contributed by atoms with Crippen molar-refractivity contribution in [3.05, 3.63) is 28.5 Å². The highest BCUT2D eigenvalue weighted by Gasteiger charge is 2.16. The quantitative estimate of drug-likeness (QED) is 0.833. The van der Waals surface area contributed by atoms with E-state index in [0.717, 1.165) is 0 Å². The molecule has 0 aliphatic heterocycles. The lowest BCUT2D eigenvalue weighted by molar-refractivity contribution is 0.0523. The third-order valence-corrected chi connectivity index (χ3v) is 2.10. The van der Waals surface area contributed by atoms with E-state index in [4.69, 9.17) is 21.4 Å². The zero-order chi connectivity index (χ0) is 14.6. The van der Waals surface area contributed by atoms with E-state index in [1.807, 2.05) is 0 Å². The van der Waals surface area contributed by atoms with Gasteiger partial charge in [-0.1, -0.05) is 11.6 Å². The Kier molecular flexibility index (Phi) is 4.72. The molecule has 1 amide bonds. The molecule has 1 aromatic heterocycles. The Labute approximate surface area is 115 Å². The van der Waals surface area contributed by atoms with Crippen LogP contribution in [-0.4, -0.2) is 27.8 Å². The number of pyridine rings is 1. The van der Waals surface area contributed by atoms with Gasteiger partial charge in [0.1, 0.15) is 16.4 Å². The number of aromatic carboxylic acids is 1. The molecule has 0 bridgehead atoms. The smallest absolute Gasteiger partial charge is 0.407 e. The molecule has 1 rings (SSSR count). The van der Waals surface area contributed by atoms with Gasteiger partial charge in [-0.05, 0) is 38.5 Å². The summed E-state index contributed by atoms with van der Waals surface area (Å²) in [6.45, 7) is 5.35. The SMILES string of the molecule is CC(C)(C)OC(=O)NCc1cc(Cl)nc(C(=O)O)c1. The van der Waals surface area contributed by atoms with Crippen molar-refractivity contribution >= 4 is 23.7 Å². The lowest BCUT2D eigenvalue weighted by Gasteiger charge is -2.19. The number of carboxylic acids is 1. The first kappa shape index (κ1) is 15.2. The lowest BCUT2D eigenvalue weighted by Crippen LogP contribution is -2.32. The van der Waals surface area contributed by atoms with E-state index in [1.165, 1.54) is 12.1 Å². The average molecular weight is 287 g/mol. The molecule has 7 heteroatoms. The first-order valence-electron chi connectivity index (χ1n) is 5.54. The van der Waals surface area contributed by atoms with E-state index in [0.29, 0.717) is 5.56 Å². The highest BCUT2D eigenvalue weighted by atomic mass is 35.5. The lowest BCUT2D eigenvalue weighted by atomic mass is 10.2. The standard InChI is InChI=1S/C12H15ClN2O4/c1-12(2,3)19-11(18)14-6-7-4-8(10(16)17)15-9(13)5-7/h4-5H,6H2,1-3H3,(H,14,18)(H,16,17). The van der Waals surface area contributed by atoms with Crippen LogP contribution >= 0.6 is 11.6 Å². The van der Waals surface area contributed by atoms with Gasteiger partial charge >= 0.3 is 12.1 Å². The number of amides is 1. The predicted octanol–water partition coefficient (Wildman–Crippen LogP) is 2.46. The minimum Gasteiger partial charge on any atom is -0.477 e. The summed E-state index contributed by atoms with van der Waals surface area (Å²) in [5.41, 5.74) is -0.233. The molecule has 0 aromatic carbocycles.